The fraction of sp³-hybridized carbons (Fsp3) is 0.278. The van der Waals surface area contributed by atoms with Crippen molar-refractivity contribution in [2.75, 3.05) is 17.6 Å². The third-order valence-electron chi connectivity index (χ3n) is 7.57. The van der Waals surface area contributed by atoms with Crippen molar-refractivity contribution in [3.05, 3.63) is 112 Å². The first-order valence-corrected chi connectivity index (χ1v) is 16.1. The third kappa shape index (κ3) is 10.3. The van der Waals surface area contributed by atoms with Crippen LogP contribution in [-0.4, -0.2) is 45.9 Å². The SMILES string of the molecule is CCCNc1ncc(-c2cc(N)cc(C(=O)N[C@@H](C)CC)c2)n(CC(=O)NCc2ccc(C(=N)NC(=O)OCc3ccccc3)cc2)c1=O. The zero-order valence-electron chi connectivity index (χ0n) is 27.8. The van der Waals surface area contributed by atoms with E-state index in [1.54, 1.807) is 42.5 Å². The second kappa shape index (κ2) is 17.3. The van der Waals surface area contributed by atoms with Crippen LogP contribution in [0.15, 0.2) is 83.8 Å². The molecule has 0 saturated carbocycles. The van der Waals surface area contributed by atoms with Gasteiger partial charge in [0.1, 0.15) is 19.0 Å². The summed E-state index contributed by atoms with van der Waals surface area (Å²) in [4.78, 5) is 56.1. The van der Waals surface area contributed by atoms with Gasteiger partial charge in [0.2, 0.25) is 5.91 Å². The van der Waals surface area contributed by atoms with Gasteiger partial charge in [-0.15, -0.1) is 0 Å². The molecule has 4 rings (SSSR count). The van der Waals surface area contributed by atoms with Gasteiger partial charge in [-0.3, -0.25) is 29.7 Å². The predicted molar refractivity (Wildman–Crippen MR) is 189 cm³/mol. The number of nitrogens with zero attached hydrogens (tertiary/aromatic N) is 2. The highest BCUT2D eigenvalue weighted by molar-refractivity contribution is 6.04. The summed E-state index contributed by atoms with van der Waals surface area (Å²) in [6.07, 6.45) is 2.26. The number of nitrogens with one attached hydrogen (secondary N) is 5. The van der Waals surface area contributed by atoms with Crippen molar-refractivity contribution in [2.45, 2.75) is 59.4 Å². The monoisotopic (exact) mass is 666 g/mol. The lowest BCUT2D eigenvalue weighted by Gasteiger charge is -2.17. The van der Waals surface area contributed by atoms with Gasteiger partial charge in [-0.25, -0.2) is 9.78 Å². The number of amidine groups is 1. The minimum absolute atomic E-state index is 0.0427. The van der Waals surface area contributed by atoms with Crippen molar-refractivity contribution in [3.8, 4) is 11.3 Å². The number of benzene rings is 3. The number of carbonyl (C=O) groups is 3. The molecule has 0 bridgehead atoms. The molecule has 13 nitrogen and oxygen atoms in total. The van der Waals surface area contributed by atoms with Crippen molar-refractivity contribution < 1.29 is 19.1 Å². The molecule has 0 aliphatic carbocycles. The van der Waals surface area contributed by atoms with E-state index >= 15 is 0 Å². The number of ether oxygens (including phenoxy) is 1. The van der Waals surface area contributed by atoms with Crippen molar-refractivity contribution in [2.24, 2.45) is 0 Å². The number of nitrogens with two attached hydrogens (primary N) is 1. The highest BCUT2D eigenvalue weighted by atomic mass is 16.5. The van der Waals surface area contributed by atoms with E-state index in [-0.39, 0.29) is 43.3 Å². The fourth-order valence-electron chi connectivity index (χ4n) is 4.70. The van der Waals surface area contributed by atoms with Gasteiger partial charge in [-0.2, -0.15) is 0 Å². The summed E-state index contributed by atoms with van der Waals surface area (Å²) in [5, 5.41) is 19.4. The summed E-state index contributed by atoms with van der Waals surface area (Å²) in [6.45, 7) is 6.25. The smallest absolute Gasteiger partial charge is 0.413 e. The van der Waals surface area contributed by atoms with Crippen LogP contribution in [0.5, 0.6) is 0 Å². The molecule has 0 saturated heterocycles. The van der Waals surface area contributed by atoms with Gasteiger partial charge in [0.25, 0.3) is 11.5 Å². The Labute approximate surface area is 284 Å². The lowest BCUT2D eigenvalue weighted by atomic mass is 10.1. The van der Waals surface area contributed by atoms with E-state index in [2.05, 4.69) is 26.3 Å². The Morgan fingerprint density at radius 3 is 2.41 bits per heavy atom. The van der Waals surface area contributed by atoms with Gasteiger partial charge >= 0.3 is 6.09 Å². The van der Waals surface area contributed by atoms with E-state index in [1.165, 1.54) is 10.8 Å². The van der Waals surface area contributed by atoms with E-state index in [4.69, 9.17) is 15.9 Å². The van der Waals surface area contributed by atoms with Gasteiger partial charge < -0.3 is 26.4 Å². The molecule has 0 aliphatic heterocycles. The maximum atomic E-state index is 13.5. The molecular formula is C36H42N8O5. The molecule has 7 N–H and O–H groups in total. The zero-order valence-corrected chi connectivity index (χ0v) is 27.8. The van der Waals surface area contributed by atoms with Crippen LogP contribution < -0.4 is 32.6 Å². The molecule has 1 aromatic heterocycles. The van der Waals surface area contributed by atoms with Gasteiger partial charge in [0.05, 0.1) is 11.9 Å². The average molecular weight is 667 g/mol. The third-order valence-corrected chi connectivity index (χ3v) is 7.57. The minimum Gasteiger partial charge on any atom is -0.444 e. The molecule has 0 unspecified atom stereocenters. The summed E-state index contributed by atoms with van der Waals surface area (Å²) in [5.74, 6) is -0.765. The molecule has 256 valence electrons. The first-order chi connectivity index (χ1) is 23.6. The van der Waals surface area contributed by atoms with Crippen molar-refractivity contribution in [1.82, 2.24) is 25.5 Å². The maximum absolute atomic E-state index is 13.5. The van der Waals surface area contributed by atoms with E-state index in [0.717, 1.165) is 24.0 Å². The van der Waals surface area contributed by atoms with Crippen molar-refractivity contribution >= 4 is 35.2 Å². The lowest BCUT2D eigenvalue weighted by molar-refractivity contribution is -0.121. The lowest BCUT2D eigenvalue weighted by Crippen LogP contribution is -2.34. The molecule has 4 aromatic rings. The van der Waals surface area contributed by atoms with Crippen LogP contribution >= 0.6 is 0 Å². The topological polar surface area (TPSA) is 193 Å². The van der Waals surface area contributed by atoms with Crippen LogP contribution in [0.3, 0.4) is 0 Å². The Bertz CT molecular complexity index is 1840. The summed E-state index contributed by atoms with van der Waals surface area (Å²) in [5.41, 5.74) is 9.11. The van der Waals surface area contributed by atoms with Crippen molar-refractivity contribution in [1.29, 1.82) is 5.41 Å². The Balaban J connectivity index is 1.44. The Kier molecular flexibility index (Phi) is 12.6. The average Bonchev–Trinajstić information content (AvgIpc) is 3.10. The number of alkyl carbamates (subject to hydrolysis) is 1. The summed E-state index contributed by atoms with van der Waals surface area (Å²) >= 11 is 0. The Morgan fingerprint density at radius 1 is 0.980 bits per heavy atom. The van der Waals surface area contributed by atoms with Crippen LogP contribution in [0, 0.1) is 5.41 Å². The molecule has 1 heterocycles. The molecule has 3 aromatic carbocycles. The van der Waals surface area contributed by atoms with E-state index < -0.39 is 17.6 Å². The van der Waals surface area contributed by atoms with Crippen LogP contribution in [0.4, 0.5) is 16.3 Å². The Hall–Kier alpha value is -5.98. The van der Waals surface area contributed by atoms with Crippen LogP contribution in [-0.2, 0) is 29.2 Å². The molecular weight excluding hydrogens is 624 g/mol. The van der Waals surface area contributed by atoms with Crippen LogP contribution in [0.1, 0.15) is 60.7 Å². The predicted octanol–water partition coefficient (Wildman–Crippen LogP) is 4.41. The summed E-state index contributed by atoms with van der Waals surface area (Å²) < 4.78 is 6.48. The number of rotatable bonds is 14. The van der Waals surface area contributed by atoms with Gasteiger partial charge in [-0.05, 0) is 49.1 Å². The second-order valence-corrected chi connectivity index (χ2v) is 11.5. The standard InChI is InChI=1S/C36H42N8O5/c1-4-15-39-33-35(47)44(30(20-41-33)27-16-28(18-29(37)17-27)34(46)42-23(3)5-2)21-31(45)40-19-24-11-13-26(14-12-24)32(38)43-36(48)49-22-25-9-7-6-8-10-25/h6-14,16-18,20,23H,4-5,15,19,21-22,37H2,1-3H3,(H,39,41)(H,40,45)(H,42,46)(H2,38,43,48)/t23-/m0/s1. The number of nitrogen functional groups attached to an aromatic ring is 1. The van der Waals surface area contributed by atoms with E-state index in [1.807, 2.05) is 51.1 Å². The highest BCUT2D eigenvalue weighted by Crippen LogP contribution is 2.23. The Morgan fingerprint density at radius 2 is 1.71 bits per heavy atom. The first-order valence-electron chi connectivity index (χ1n) is 16.1. The molecule has 0 radical (unpaired) electrons. The summed E-state index contributed by atoms with van der Waals surface area (Å²) in [7, 11) is 0. The van der Waals surface area contributed by atoms with Gasteiger partial charge in [-0.1, -0.05) is 68.4 Å². The van der Waals surface area contributed by atoms with Gasteiger partial charge in [0, 0.05) is 41.5 Å². The van der Waals surface area contributed by atoms with Gasteiger partial charge in [0.15, 0.2) is 5.82 Å². The molecule has 49 heavy (non-hydrogen) atoms. The minimum atomic E-state index is -0.743. The van der Waals surface area contributed by atoms with E-state index in [0.29, 0.717) is 34.6 Å². The number of amides is 3. The number of aromatic nitrogens is 2. The fourth-order valence-corrected chi connectivity index (χ4v) is 4.70. The molecule has 0 fully saturated rings. The quantitative estimate of drug-likeness (QED) is 0.0647. The van der Waals surface area contributed by atoms with E-state index in [9.17, 15) is 19.2 Å². The second-order valence-electron chi connectivity index (χ2n) is 11.5. The van der Waals surface area contributed by atoms with Crippen LogP contribution in [0.25, 0.3) is 11.3 Å². The normalized spacial score (nSPS) is 11.2. The maximum Gasteiger partial charge on any atom is 0.413 e. The molecule has 3 amide bonds. The highest BCUT2D eigenvalue weighted by Gasteiger charge is 2.18. The molecule has 0 spiro atoms. The number of hydrogen-bond donors (Lipinski definition) is 6. The number of anilines is 2. The number of carbonyl (C=O) groups excluding carboxylic acids is 3. The number of hydrogen-bond acceptors (Lipinski definition) is 9. The largest absolute Gasteiger partial charge is 0.444 e. The first kappa shape index (κ1) is 35.9. The van der Waals surface area contributed by atoms with Crippen LogP contribution in [0.2, 0.25) is 0 Å². The molecule has 1 atom stereocenters. The summed E-state index contributed by atoms with van der Waals surface area (Å²) in [6, 6.07) is 20.7. The molecule has 0 aliphatic rings. The van der Waals surface area contributed by atoms with Crippen molar-refractivity contribution in [3.63, 3.8) is 0 Å². The zero-order chi connectivity index (χ0) is 35.3. The molecule has 13 heteroatoms.